The van der Waals surface area contributed by atoms with Crippen LogP contribution in [-0.2, 0) is 23.9 Å². The van der Waals surface area contributed by atoms with E-state index in [9.17, 15) is 22.8 Å². The summed E-state index contributed by atoms with van der Waals surface area (Å²) in [6, 6.07) is 6.94. The Hall–Kier alpha value is -2.97. The molecule has 0 fully saturated rings. The van der Waals surface area contributed by atoms with Crippen LogP contribution in [0.2, 0.25) is 0 Å². The van der Waals surface area contributed by atoms with E-state index in [-0.39, 0.29) is 6.54 Å². The van der Waals surface area contributed by atoms with Gasteiger partial charge in [-0.1, -0.05) is 6.07 Å². The van der Waals surface area contributed by atoms with E-state index < -0.39 is 29.8 Å². The average molecular weight is 412 g/mol. The molecule has 0 spiro atoms. The summed E-state index contributed by atoms with van der Waals surface area (Å²) in [5.74, 6) is 0.683. The quantitative estimate of drug-likeness (QED) is 0.688. The summed E-state index contributed by atoms with van der Waals surface area (Å²) < 4.78 is 50.0. The van der Waals surface area contributed by atoms with Crippen molar-refractivity contribution in [1.82, 2.24) is 9.88 Å². The lowest BCUT2D eigenvalue weighted by molar-refractivity contribution is -0.138. The van der Waals surface area contributed by atoms with Gasteiger partial charge in [0.05, 0.1) is 18.8 Å². The third-order valence-electron chi connectivity index (χ3n) is 3.97. The molecule has 1 aromatic heterocycles. The van der Waals surface area contributed by atoms with Gasteiger partial charge in [0.2, 0.25) is 5.91 Å². The Morgan fingerprint density at radius 2 is 1.76 bits per heavy atom. The molecule has 0 bridgehead atoms. The first-order valence-electron chi connectivity index (χ1n) is 9.17. The minimum Gasteiger partial charge on any atom is -0.490 e. The minimum absolute atomic E-state index is 0.256. The van der Waals surface area contributed by atoms with Gasteiger partial charge in [0.25, 0.3) is 5.56 Å². The van der Waals surface area contributed by atoms with Crippen molar-refractivity contribution in [3.8, 4) is 11.5 Å². The zero-order chi connectivity index (χ0) is 21.4. The van der Waals surface area contributed by atoms with Gasteiger partial charge in [0.15, 0.2) is 11.5 Å². The van der Waals surface area contributed by atoms with E-state index in [1.54, 1.807) is 6.07 Å². The molecular weight excluding hydrogens is 389 g/mol. The Balaban J connectivity index is 1.95. The van der Waals surface area contributed by atoms with E-state index in [0.29, 0.717) is 43.4 Å². The number of pyridine rings is 1. The summed E-state index contributed by atoms with van der Waals surface area (Å²) in [4.78, 5) is 23.7. The van der Waals surface area contributed by atoms with E-state index >= 15 is 0 Å². The fourth-order valence-corrected chi connectivity index (χ4v) is 2.63. The van der Waals surface area contributed by atoms with Crippen LogP contribution in [0.4, 0.5) is 13.2 Å². The summed E-state index contributed by atoms with van der Waals surface area (Å²) >= 11 is 0. The maximum atomic E-state index is 12.8. The Labute approximate surface area is 166 Å². The normalized spacial score (nSPS) is 11.2. The molecule has 1 amide bonds. The molecule has 9 heteroatoms. The maximum absolute atomic E-state index is 12.8. The van der Waals surface area contributed by atoms with Crippen LogP contribution in [0.1, 0.15) is 25.0 Å². The van der Waals surface area contributed by atoms with Crippen molar-refractivity contribution in [3.05, 3.63) is 58.0 Å². The minimum atomic E-state index is -4.59. The van der Waals surface area contributed by atoms with Crippen LogP contribution >= 0.6 is 0 Å². The van der Waals surface area contributed by atoms with Crippen molar-refractivity contribution in [2.24, 2.45) is 0 Å². The van der Waals surface area contributed by atoms with Crippen molar-refractivity contribution < 1.29 is 27.4 Å². The molecule has 0 saturated heterocycles. The molecule has 0 aliphatic carbocycles. The second-order valence-electron chi connectivity index (χ2n) is 6.13. The van der Waals surface area contributed by atoms with Crippen molar-refractivity contribution in [2.75, 3.05) is 19.8 Å². The summed E-state index contributed by atoms with van der Waals surface area (Å²) in [6.07, 6.45) is -3.46. The van der Waals surface area contributed by atoms with Crippen LogP contribution < -0.4 is 20.3 Å². The Bertz CT molecular complexity index is 894. The second-order valence-corrected chi connectivity index (χ2v) is 6.13. The largest absolute Gasteiger partial charge is 0.490 e. The molecule has 2 aromatic rings. The fraction of sp³-hybridized carbons (Fsp3) is 0.400. The standard InChI is InChI=1S/C20H23F3N2O4/c1-3-28-16-7-5-14(11-17(16)29-4-2)9-10-24-18(26)13-25-12-15(20(21,22)23)6-8-19(25)27/h5-8,11-12H,3-4,9-10,13H2,1-2H3,(H,24,26). The van der Waals surface area contributed by atoms with Gasteiger partial charge in [-0.25, -0.2) is 0 Å². The molecule has 0 atom stereocenters. The number of amides is 1. The number of alkyl halides is 3. The topological polar surface area (TPSA) is 69.6 Å². The van der Waals surface area contributed by atoms with Crippen LogP contribution in [0.15, 0.2) is 41.3 Å². The Morgan fingerprint density at radius 1 is 1.07 bits per heavy atom. The number of nitrogens with zero attached hydrogens (tertiary/aromatic N) is 1. The van der Waals surface area contributed by atoms with Gasteiger partial charge in [-0.3, -0.25) is 9.59 Å². The van der Waals surface area contributed by atoms with Gasteiger partial charge in [0, 0.05) is 18.8 Å². The first-order chi connectivity index (χ1) is 13.7. The highest BCUT2D eigenvalue weighted by Gasteiger charge is 2.31. The molecule has 1 N–H and O–H groups in total. The molecule has 0 aliphatic rings. The Kier molecular flexibility index (Phi) is 7.69. The van der Waals surface area contributed by atoms with Gasteiger partial charge in [-0.15, -0.1) is 0 Å². The number of hydrogen-bond acceptors (Lipinski definition) is 4. The molecular formula is C20H23F3N2O4. The molecule has 1 aromatic carbocycles. The second kappa shape index (κ2) is 9.99. The van der Waals surface area contributed by atoms with Gasteiger partial charge < -0.3 is 19.4 Å². The van der Waals surface area contributed by atoms with Crippen molar-refractivity contribution >= 4 is 5.91 Å². The van der Waals surface area contributed by atoms with E-state index in [0.717, 1.165) is 16.2 Å². The highest BCUT2D eigenvalue weighted by Crippen LogP contribution is 2.29. The summed E-state index contributed by atoms with van der Waals surface area (Å²) in [6.45, 7) is 4.48. The first-order valence-corrected chi connectivity index (χ1v) is 9.17. The molecule has 0 saturated carbocycles. The number of carbonyl (C=O) groups excluding carboxylic acids is 1. The van der Waals surface area contributed by atoms with Gasteiger partial charge in [-0.2, -0.15) is 13.2 Å². The summed E-state index contributed by atoms with van der Waals surface area (Å²) in [7, 11) is 0. The lowest BCUT2D eigenvalue weighted by Gasteiger charge is -2.13. The number of hydrogen-bond donors (Lipinski definition) is 1. The van der Waals surface area contributed by atoms with Gasteiger partial charge >= 0.3 is 6.18 Å². The molecule has 2 rings (SSSR count). The van der Waals surface area contributed by atoms with E-state index in [2.05, 4.69) is 5.32 Å². The molecule has 6 nitrogen and oxygen atoms in total. The lowest BCUT2D eigenvalue weighted by atomic mass is 10.1. The lowest BCUT2D eigenvalue weighted by Crippen LogP contribution is -2.33. The van der Waals surface area contributed by atoms with Crippen LogP contribution in [-0.4, -0.2) is 30.2 Å². The highest BCUT2D eigenvalue weighted by molar-refractivity contribution is 5.75. The van der Waals surface area contributed by atoms with Gasteiger partial charge in [0.1, 0.15) is 6.54 Å². The smallest absolute Gasteiger partial charge is 0.417 e. The monoisotopic (exact) mass is 412 g/mol. The molecule has 158 valence electrons. The Morgan fingerprint density at radius 3 is 2.41 bits per heavy atom. The van der Waals surface area contributed by atoms with Crippen molar-refractivity contribution in [1.29, 1.82) is 0 Å². The summed E-state index contributed by atoms with van der Waals surface area (Å²) in [5.41, 5.74) is -0.766. The van der Waals surface area contributed by atoms with E-state index in [1.165, 1.54) is 0 Å². The highest BCUT2D eigenvalue weighted by atomic mass is 19.4. The maximum Gasteiger partial charge on any atom is 0.417 e. The third kappa shape index (κ3) is 6.55. The molecule has 29 heavy (non-hydrogen) atoms. The number of carbonyl (C=O) groups is 1. The predicted molar refractivity (Wildman–Crippen MR) is 101 cm³/mol. The van der Waals surface area contributed by atoms with E-state index in [4.69, 9.17) is 9.47 Å². The molecule has 1 heterocycles. The van der Waals surface area contributed by atoms with Crippen LogP contribution in [0.5, 0.6) is 11.5 Å². The zero-order valence-electron chi connectivity index (χ0n) is 16.2. The molecule has 0 aliphatic heterocycles. The van der Waals surface area contributed by atoms with Crippen molar-refractivity contribution in [2.45, 2.75) is 33.0 Å². The number of benzene rings is 1. The van der Waals surface area contributed by atoms with E-state index in [1.807, 2.05) is 26.0 Å². The SMILES string of the molecule is CCOc1ccc(CCNC(=O)Cn2cc(C(F)(F)F)ccc2=O)cc1OCC. The number of halogens is 3. The van der Waals surface area contributed by atoms with Crippen LogP contribution in [0, 0.1) is 0 Å². The van der Waals surface area contributed by atoms with Crippen LogP contribution in [0.3, 0.4) is 0 Å². The van der Waals surface area contributed by atoms with Crippen LogP contribution in [0.25, 0.3) is 0 Å². The van der Waals surface area contributed by atoms with Crippen molar-refractivity contribution in [3.63, 3.8) is 0 Å². The number of aromatic nitrogens is 1. The fourth-order valence-electron chi connectivity index (χ4n) is 2.63. The molecule has 0 unspecified atom stereocenters. The summed E-state index contributed by atoms with van der Waals surface area (Å²) in [5, 5.41) is 2.60. The number of nitrogens with one attached hydrogen (secondary N) is 1. The molecule has 0 radical (unpaired) electrons. The van der Waals surface area contributed by atoms with Gasteiger partial charge in [-0.05, 0) is 44.0 Å². The first kappa shape index (κ1) is 22.3. The number of rotatable bonds is 9. The predicted octanol–water partition coefficient (Wildman–Crippen LogP) is 3.02. The third-order valence-corrected chi connectivity index (χ3v) is 3.97. The average Bonchev–Trinajstić information content (AvgIpc) is 2.65. The zero-order valence-corrected chi connectivity index (χ0v) is 16.2. The number of ether oxygens (including phenoxy) is 2.